The number of methoxy groups -OCH3 is 1. The SMILES string of the molecule is COCCN(CC(C)C)c1cc(C)cc(N)c1. The summed E-state index contributed by atoms with van der Waals surface area (Å²) in [7, 11) is 1.73. The molecule has 0 saturated carbocycles. The van der Waals surface area contributed by atoms with Crippen molar-refractivity contribution in [2.45, 2.75) is 20.8 Å². The van der Waals surface area contributed by atoms with Crippen molar-refractivity contribution >= 4 is 11.4 Å². The van der Waals surface area contributed by atoms with E-state index in [4.69, 9.17) is 10.5 Å². The minimum atomic E-state index is 0.619. The first kappa shape index (κ1) is 13.8. The molecule has 0 aliphatic rings. The second-order valence-corrected chi connectivity index (χ2v) is 4.93. The predicted octanol–water partition coefficient (Wildman–Crippen LogP) is 2.69. The summed E-state index contributed by atoms with van der Waals surface area (Å²) in [5.41, 5.74) is 9.11. The fourth-order valence-electron chi connectivity index (χ4n) is 1.94. The molecule has 17 heavy (non-hydrogen) atoms. The van der Waals surface area contributed by atoms with Gasteiger partial charge in [-0.1, -0.05) is 13.8 Å². The summed E-state index contributed by atoms with van der Waals surface area (Å²) < 4.78 is 5.16. The lowest BCUT2D eigenvalue weighted by atomic mass is 10.1. The average molecular weight is 236 g/mol. The van der Waals surface area contributed by atoms with Crippen molar-refractivity contribution in [3.8, 4) is 0 Å². The van der Waals surface area contributed by atoms with E-state index >= 15 is 0 Å². The number of ether oxygens (including phenoxy) is 1. The number of aryl methyl sites for hydroxylation is 1. The highest BCUT2D eigenvalue weighted by Crippen LogP contribution is 2.21. The van der Waals surface area contributed by atoms with Crippen molar-refractivity contribution in [1.29, 1.82) is 0 Å². The Balaban J connectivity index is 2.86. The molecule has 0 atom stereocenters. The Bertz CT molecular complexity index is 330. The lowest BCUT2D eigenvalue weighted by Crippen LogP contribution is -2.31. The normalized spacial score (nSPS) is 10.9. The van der Waals surface area contributed by atoms with Gasteiger partial charge in [0.05, 0.1) is 6.61 Å². The van der Waals surface area contributed by atoms with Crippen LogP contribution < -0.4 is 10.6 Å². The molecule has 3 nitrogen and oxygen atoms in total. The van der Waals surface area contributed by atoms with E-state index in [1.807, 2.05) is 12.1 Å². The molecular weight excluding hydrogens is 212 g/mol. The Kier molecular flexibility index (Phi) is 5.29. The van der Waals surface area contributed by atoms with Gasteiger partial charge in [0.1, 0.15) is 0 Å². The van der Waals surface area contributed by atoms with E-state index in [1.165, 1.54) is 11.3 Å². The van der Waals surface area contributed by atoms with Gasteiger partial charge in [-0.05, 0) is 36.6 Å². The monoisotopic (exact) mass is 236 g/mol. The summed E-state index contributed by atoms with van der Waals surface area (Å²) in [6, 6.07) is 6.20. The minimum absolute atomic E-state index is 0.619. The van der Waals surface area contributed by atoms with Crippen LogP contribution in [0, 0.1) is 12.8 Å². The number of benzene rings is 1. The zero-order valence-corrected chi connectivity index (χ0v) is 11.4. The van der Waals surface area contributed by atoms with Gasteiger partial charge in [-0.25, -0.2) is 0 Å². The molecule has 3 heteroatoms. The number of anilines is 2. The molecule has 0 spiro atoms. The van der Waals surface area contributed by atoms with Crippen LogP contribution in [0.15, 0.2) is 18.2 Å². The van der Waals surface area contributed by atoms with Gasteiger partial charge < -0.3 is 15.4 Å². The van der Waals surface area contributed by atoms with E-state index in [2.05, 4.69) is 31.7 Å². The van der Waals surface area contributed by atoms with Gasteiger partial charge in [-0.15, -0.1) is 0 Å². The van der Waals surface area contributed by atoms with Gasteiger partial charge in [0.25, 0.3) is 0 Å². The Morgan fingerprint density at radius 3 is 2.53 bits per heavy atom. The maximum atomic E-state index is 5.90. The van der Waals surface area contributed by atoms with Crippen molar-refractivity contribution in [2.24, 2.45) is 5.92 Å². The summed E-state index contributed by atoms with van der Waals surface area (Å²) in [6.45, 7) is 9.17. The van der Waals surface area contributed by atoms with Crippen LogP contribution in [0.1, 0.15) is 19.4 Å². The molecule has 1 aromatic rings. The molecule has 0 radical (unpaired) electrons. The Morgan fingerprint density at radius 2 is 2.00 bits per heavy atom. The maximum Gasteiger partial charge on any atom is 0.0637 e. The third kappa shape index (κ3) is 4.65. The van der Waals surface area contributed by atoms with Gasteiger partial charge in [-0.2, -0.15) is 0 Å². The van der Waals surface area contributed by atoms with Crippen molar-refractivity contribution in [3.05, 3.63) is 23.8 Å². The Labute approximate surface area is 105 Å². The van der Waals surface area contributed by atoms with Crippen LogP contribution >= 0.6 is 0 Å². The molecular formula is C14H24N2O. The van der Waals surface area contributed by atoms with Crippen LogP contribution in [0.3, 0.4) is 0 Å². The van der Waals surface area contributed by atoms with Crippen LogP contribution in [0.4, 0.5) is 11.4 Å². The zero-order chi connectivity index (χ0) is 12.8. The topological polar surface area (TPSA) is 38.5 Å². The van der Waals surface area contributed by atoms with Crippen LogP contribution in [0.25, 0.3) is 0 Å². The zero-order valence-electron chi connectivity index (χ0n) is 11.4. The molecule has 0 saturated heterocycles. The first-order valence-electron chi connectivity index (χ1n) is 6.14. The number of hydrogen-bond donors (Lipinski definition) is 1. The molecule has 0 aromatic heterocycles. The van der Waals surface area contributed by atoms with Gasteiger partial charge >= 0.3 is 0 Å². The molecule has 0 heterocycles. The van der Waals surface area contributed by atoms with E-state index in [0.717, 1.165) is 25.4 Å². The van der Waals surface area contributed by atoms with E-state index in [0.29, 0.717) is 5.92 Å². The third-order valence-electron chi connectivity index (χ3n) is 2.60. The van der Waals surface area contributed by atoms with Crippen LogP contribution in [-0.2, 0) is 4.74 Å². The smallest absolute Gasteiger partial charge is 0.0637 e. The second-order valence-electron chi connectivity index (χ2n) is 4.93. The largest absolute Gasteiger partial charge is 0.399 e. The molecule has 0 amide bonds. The minimum Gasteiger partial charge on any atom is -0.399 e. The van der Waals surface area contributed by atoms with Gasteiger partial charge in [0.15, 0.2) is 0 Å². The quantitative estimate of drug-likeness (QED) is 0.772. The summed E-state index contributed by atoms with van der Waals surface area (Å²) in [5.74, 6) is 0.619. The van der Waals surface area contributed by atoms with Gasteiger partial charge in [0, 0.05) is 31.6 Å². The second kappa shape index (κ2) is 6.50. The number of rotatable bonds is 6. The first-order valence-corrected chi connectivity index (χ1v) is 6.14. The summed E-state index contributed by atoms with van der Waals surface area (Å²) in [4.78, 5) is 2.33. The highest BCUT2D eigenvalue weighted by molar-refractivity contribution is 5.58. The van der Waals surface area contributed by atoms with E-state index < -0.39 is 0 Å². The number of nitrogens with two attached hydrogens (primary N) is 1. The van der Waals surface area contributed by atoms with E-state index in [-0.39, 0.29) is 0 Å². The molecule has 0 aliphatic heterocycles. The van der Waals surface area contributed by atoms with E-state index in [1.54, 1.807) is 7.11 Å². The van der Waals surface area contributed by atoms with Crippen molar-refractivity contribution < 1.29 is 4.74 Å². The fourth-order valence-corrected chi connectivity index (χ4v) is 1.94. The average Bonchev–Trinajstić information content (AvgIpc) is 2.22. The molecule has 1 rings (SSSR count). The van der Waals surface area contributed by atoms with Crippen molar-refractivity contribution in [2.75, 3.05) is 37.4 Å². The molecule has 0 bridgehead atoms. The van der Waals surface area contributed by atoms with Crippen LogP contribution in [0.5, 0.6) is 0 Å². The third-order valence-corrected chi connectivity index (χ3v) is 2.60. The molecule has 96 valence electrons. The Hall–Kier alpha value is -1.22. The van der Waals surface area contributed by atoms with Gasteiger partial charge in [-0.3, -0.25) is 0 Å². The summed E-state index contributed by atoms with van der Waals surface area (Å²) >= 11 is 0. The van der Waals surface area contributed by atoms with Gasteiger partial charge in [0.2, 0.25) is 0 Å². The summed E-state index contributed by atoms with van der Waals surface area (Å²) in [6.07, 6.45) is 0. The molecule has 2 N–H and O–H groups in total. The highest BCUT2D eigenvalue weighted by atomic mass is 16.5. The summed E-state index contributed by atoms with van der Waals surface area (Å²) in [5, 5.41) is 0. The van der Waals surface area contributed by atoms with Crippen molar-refractivity contribution in [1.82, 2.24) is 0 Å². The van der Waals surface area contributed by atoms with E-state index in [9.17, 15) is 0 Å². The first-order chi connectivity index (χ1) is 8.02. The lowest BCUT2D eigenvalue weighted by molar-refractivity contribution is 0.204. The van der Waals surface area contributed by atoms with Crippen molar-refractivity contribution in [3.63, 3.8) is 0 Å². The standard InChI is InChI=1S/C14H24N2O/c1-11(2)10-16(5-6-17-4)14-8-12(3)7-13(15)9-14/h7-9,11H,5-6,10,15H2,1-4H3. The number of nitrogen functional groups attached to an aromatic ring is 1. The van der Waals surface area contributed by atoms with Crippen LogP contribution in [-0.4, -0.2) is 26.8 Å². The lowest BCUT2D eigenvalue weighted by Gasteiger charge is -2.27. The number of nitrogens with zero attached hydrogens (tertiary/aromatic N) is 1. The molecule has 0 aliphatic carbocycles. The van der Waals surface area contributed by atoms with Crippen LogP contribution in [0.2, 0.25) is 0 Å². The number of hydrogen-bond acceptors (Lipinski definition) is 3. The fraction of sp³-hybridized carbons (Fsp3) is 0.571. The molecule has 0 unspecified atom stereocenters. The molecule has 0 fully saturated rings. The predicted molar refractivity (Wildman–Crippen MR) is 74.5 cm³/mol. The molecule has 1 aromatic carbocycles. The highest BCUT2D eigenvalue weighted by Gasteiger charge is 2.09. The Morgan fingerprint density at radius 1 is 1.29 bits per heavy atom. The maximum absolute atomic E-state index is 5.90.